The van der Waals surface area contributed by atoms with Gasteiger partial charge < -0.3 is 0 Å². The number of unbranched alkanes of at least 4 members (excludes halogenated alkanes) is 1. The van der Waals surface area contributed by atoms with Crippen molar-refractivity contribution in [3.8, 4) is 0 Å². The molecule has 0 saturated heterocycles. The number of hydrogen-bond acceptors (Lipinski definition) is 3. The maximum atomic E-state index is 11.6. The molecule has 0 aromatic heterocycles. The van der Waals surface area contributed by atoms with Crippen molar-refractivity contribution in [2.75, 3.05) is 5.75 Å². The van der Waals surface area contributed by atoms with E-state index in [2.05, 4.69) is 6.92 Å². The lowest BCUT2D eigenvalue weighted by atomic mass is 10.2. The van der Waals surface area contributed by atoms with Gasteiger partial charge in [-0.15, -0.1) is 0 Å². The Labute approximate surface area is 95.4 Å². The molecule has 0 amide bonds. The molecule has 1 rings (SSSR count). The van der Waals surface area contributed by atoms with Crippen molar-refractivity contribution in [3.63, 3.8) is 0 Å². The van der Waals surface area contributed by atoms with E-state index >= 15 is 0 Å². The van der Waals surface area contributed by atoms with Crippen LogP contribution >= 0.6 is 10.8 Å². The van der Waals surface area contributed by atoms with Crippen LogP contribution in [-0.2, 0) is 14.6 Å². The van der Waals surface area contributed by atoms with E-state index < -0.39 is 8.87 Å². The van der Waals surface area contributed by atoms with Crippen molar-refractivity contribution in [3.05, 3.63) is 35.9 Å². The minimum absolute atomic E-state index is 0.141. The van der Waals surface area contributed by atoms with Gasteiger partial charge in [0.25, 0.3) is 0 Å². The third kappa shape index (κ3) is 5.23. The van der Waals surface area contributed by atoms with E-state index in [4.69, 9.17) is 0 Å². The van der Waals surface area contributed by atoms with Crippen molar-refractivity contribution in [1.29, 1.82) is 0 Å². The molecular formula is C11H16O2S2. The highest BCUT2D eigenvalue weighted by molar-refractivity contribution is 8.71. The summed E-state index contributed by atoms with van der Waals surface area (Å²) in [5.74, 6) is 0.841. The van der Waals surface area contributed by atoms with Crippen molar-refractivity contribution in [2.24, 2.45) is 0 Å². The van der Waals surface area contributed by atoms with E-state index in [0.29, 0.717) is 5.75 Å². The second kappa shape index (κ2) is 6.18. The first-order valence-electron chi connectivity index (χ1n) is 5.05. The summed E-state index contributed by atoms with van der Waals surface area (Å²) in [6.45, 7) is 2.06. The second-order valence-corrected chi connectivity index (χ2v) is 7.64. The summed E-state index contributed by atoms with van der Waals surface area (Å²) in [6, 6.07) is 9.30. The molecule has 0 aliphatic rings. The maximum absolute atomic E-state index is 11.6. The Kier molecular flexibility index (Phi) is 5.19. The smallest absolute Gasteiger partial charge is 0.205 e. The molecule has 1 aromatic carbocycles. The van der Waals surface area contributed by atoms with Gasteiger partial charge in [-0.2, -0.15) is 0 Å². The van der Waals surface area contributed by atoms with Gasteiger partial charge in [-0.1, -0.05) is 43.7 Å². The fourth-order valence-electron chi connectivity index (χ4n) is 1.15. The predicted octanol–water partition coefficient (Wildman–Crippen LogP) is 3.05. The molecular weight excluding hydrogens is 228 g/mol. The first kappa shape index (κ1) is 12.6. The highest BCUT2D eigenvalue weighted by atomic mass is 33.1. The van der Waals surface area contributed by atoms with E-state index in [1.54, 1.807) is 0 Å². The molecule has 0 bridgehead atoms. The minimum atomic E-state index is -2.99. The van der Waals surface area contributed by atoms with Crippen LogP contribution in [-0.4, -0.2) is 14.2 Å². The highest BCUT2D eigenvalue weighted by Gasteiger charge is 2.11. The van der Waals surface area contributed by atoms with Gasteiger partial charge in [0, 0.05) is 5.75 Å². The number of benzene rings is 1. The van der Waals surface area contributed by atoms with Crippen LogP contribution in [0.25, 0.3) is 0 Å². The van der Waals surface area contributed by atoms with Gasteiger partial charge in [0.2, 0.25) is 8.87 Å². The van der Waals surface area contributed by atoms with Crippen LogP contribution in [0.1, 0.15) is 25.3 Å². The first-order valence-corrected chi connectivity index (χ1v) is 8.20. The van der Waals surface area contributed by atoms with Crippen molar-refractivity contribution in [1.82, 2.24) is 0 Å². The lowest BCUT2D eigenvalue weighted by Crippen LogP contribution is -1.99. The molecule has 0 atom stereocenters. The van der Waals surface area contributed by atoms with Gasteiger partial charge in [0.05, 0.1) is 5.75 Å². The summed E-state index contributed by atoms with van der Waals surface area (Å²) in [5.41, 5.74) is 0.862. The van der Waals surface area contributed by atoms with E-state index in [1.165, 1.54) is 0 Å². The van der Waals surface area contributed by atoms with E-state index in [1.807, 2.05) is 30.3 Å². The fraction of sp³-hybridized carbons (Fsp3) is 0.455. The van der Waals surface area contributed by atoms with Crippen molar-refractivity contribution < 1.29 is 8.42 Å². The zero-order chi connectivity index (χ0) is 11.1. The van der Waals surface area contributed by atoms with E-state index in [9.17, 15) is 8.42 Å². The maximum Gasteiger partial charge on any atom is 0.205 e. The molecule has 1 aromatic rings. The van der Waals surface area contributed by atoms with E-state index in [-0.39, 0.29) is 5.75 Å². The van der Waals surface area contributed by atoms with Gasteiger partial charge in [0.15, 0.2) is 0 Å². The predicted molar refractivity (Wildman–Crippen MR) is 66.4 cm³/mol. The Morgan fingerprint density at radius 2 is 1.87 bits per heavy atom. The summed E-state index contributed by atoms with van der Waals surface area (Å²) in [7, 11) is -1.92. The average molecular weight is 244 g/mol. The normalized spacial score (nSPS) is 11.5. The average Bonchev–Trinajstić information content (AvgIpc) is 2.18. The molecule has 0 aliphatic carbocycles. The Balaban J connectivity index is 2.50. The fourth-order valence-corrected chi connectivity index (χ4v) is 4.27. The third-order valence-corrected chi connectivity index (χ3v) is 5.38. The van der Waals surface area contributed by atoms with Gasteiger partial charge in [-0.3, -0.25) is 0 Å². The topological polar surface area (TPSA) is 34.1 Å². The molecule has 0 unspecified atom stereocenters. The molecule has 0 fully saturated rings. The van der Waals surface area contributed by atoms with Crippen LogP contribution in [0, 0.1) is 0 Å². The summed E-state index contributed by atoms with van der Waals surface area (Å²) in [4.78, 5) is 0. The molecule has 0 saturated carbocycles. The summed E-state index contributed by atoms with van der Waals surface area (Å²) < 4.78 is 23.3. The van der Waals surface area contributed by atoms with Crippen molar-refractivity contribution >= 4 is 19.7 Å². The van der Waals surface area contributed by atoms with Gasteiger partial charge in [-0.05, 0) is 22.8 Å². The molecule has 0 N–H and O–H groups in total. The van der Waals surface area contributed by atoms with Gasteiger partial charge >= 0.3 is 0 Å². The van der Waals surface area contributed by atoms with Gasteiger partial charge in [-0.25, -0.2) is 8.42 Å². The zero-order valence-corrected chi connectivity index (χ0v) is 10.5. The minimum Gasteiger partial charge on any atom is -0.217 e. The summed E-state index contributed by atoms with van der Waals surface area (Å²) in [6.07, 6.45) is 1.99. The van der Waals surface area contributed by atoms with Crippen LogP contribution in [0.3, 0.4) is 0 Å². The lowest BCUT2D eigenvalue weighted by molar-refractivity contribution is 0.609. The van der Waals surface area contributed by atoms with Crippen LogP contribution in [0.2, 0.25) is 0 Å². The molecule has 0 radical (unpaired) electrons. The molecule has 84 valence electrons. The van der Waals surface area contributed by atoms with Crippen LogP contribution < -0.4 is 0 Å². The van der Waals surface area contributed by atoms with Gasteiger partial charge in [0.1, 0.15) is 0 Å². The molecule has 0 aliphatic heterocycles. The standard InChI is InChI=1S/C11H16O2S2/c1-2-3-9-14-15(12,13)10-11-7-5-4-6-8-11/h4-8H,2-3,9-10H2,1H3. The van der Waals surface area contributed by atoms with Crippen molar-refractivity contribution in [2.45, 2.75) is 25.5 Å². The Bertz CT molecular complexity index is 371. The second-order valence-electron chi connectivity index (χ2n) is 3.36. The monoisotopic (exact) mass is 244 g/mol. The molecule has 15 heavy (non-hydrogen) atoms. The third-order valence-electron chi connectivity index (χ3n) is 1.95. The number of hydrogen-bond donors (Lipinski definition) is 0. The Morgan fingerprint density at radius 3 is 2.47 bits per heavy atom. The van der Waals surface area contributed by atoms with E-state index in [0.717, 1.165) is 29.2 Å². The first-order chi connectivity index (χ1) is 7.14. The highest BCUT2D eigenvalue weighted by Crippen LogP contribution is 2.19. The molecule has 0 heterocycles. The lowest BCUT2D eigenvalue weighted by Gasteiger charge is -2.02. The molecule has 2 nitrogen and oxygen atoms in total. The Morgan fingerprint density at radius 1 is 1.20 bits per heavy atom. The molecule has 4 heteroatoms. The summed E-state index contributed by atoms with van der Waals surface area (Å²) in [5, 5.41) is 0. The number of rotatable bonds is 6. The SMILES string of the molecule is CCCCSS(=O)(=O)Cc1ccccc1. The zero-order valence-electron chi connectivity index (χ0n) is 8.85. The quantitative estimate of drug-likeness (QED) is 0.570. The Hall–Kier alpha value is -0.480. The van der Waals surface area contributed by atoms with Crippen LogP contribution in [0.4, 0.5) is 0 Å². The molecule has 0 spiro atoms. The van der Waals surface area contributed by atoms with Crippen LogP contribution in [0.15, 0.2) is 30.3 Å². The summed E-state index contributed by atoms with van der Waals surface area (Å²) >= 11 is 0. The largest absolute Gasteiger partial charge is 0.217 e. The van der Waals surface area contributed by atoms with Crippen LogP contribution in [0.5, 0.6) is 0 Å².